The molecule has 0 unspecified atom stereocenters. The van der Waals surface area contributed by atoms with Gasteiger partial charge in [0.2, 0.25) is 0 Å². The van der Waals surface area contributed by atoms with Crippen molar-refractivity contribution in [3.63, 3.8) is 0 Å². The van der Waals surface area contributed by atoms with Gasteiger partial charge in [-0.25, -0.2) is 4.39 Å². The molecule has 3 heterocycles. The molecule has 0 spiro atoms. The van der Waals surface area contributed by atoms with Crippen LogP contribution in [0.4, 0.5) is 4.39 Å². The molecule has 0 aliphatic carbocycles. The minimum Gasteiger partial charge on any atom is -0.333 e. The van der Waals surface area contributed by atoms with Gasteiger partial charge in [-0.2, -0.15) is 5.10 Å². The maximum absolute atomic E-state index is 13.3. The number of thiophene rings is 1. The molecular formula is C17H16FN3OS. The molecule has 0 radical (unpaired) electrons. The van der Waals surface area contributed by atoms with E-state index in [0.717, 1.165) is 36.0 Å². The van der Waals surface area contributed by atoms with Crippen molar-refractivity contribution < 1.29 is 9.18 Å². The Bertz CT molecular complexity index is 843. The Labute approximate surface area is 137 Å². The van der Waals surface area contributed by atoms with Gasteiger partial charge >= 0.3 is 0 Å². The van der Waals surface area contributed by atoms with Gasteiger partial charge in [0.1, 0.15) is 5.82 Å². The summed E-state index contributed by atoms with van der Waals surface area (Å²) < 4.78 is 16.1. The summed E-state index contributed by atoms with van der Waals surface area (Å²) in [4.78, 5) is 15.5. The van der Waals surface area contributed by atoms with Gasteiger partial charge in [0, 0.05) is 23.6 Å². The summed E-state index contributed by atoms with van der Waals surface area (Å²) in [5, 5.41) is 5.02. The maximum atomic E-state index is 13.3. The first-order chi connectivity index (χ1) is 11.2. The van der Waals surface area contributed by atoms with E-state index in [-0.39, 0.29) is 17.8 Å². The normalized spacial score (nSPS) is 18.0. The van der Waals surface area contributed by atoms with E-state index in [1.165, 1.54) is 23.5 Å². The maximum Gasteiger partial charge on any atom is 0.264 e. The zero-order chi connectivity index (χ0) is 15.8. The van der Waals surface area contributed by atoms with Crippen molar-refractivity contribution in [2.45, 2.75) is 25.4 Å². The SMILES string of the molecule is O=C(c1cc2cc(F)ccc2s1)N1CCC[C@H]1Cn1cccn1. The van der Waals surface area contributed by atoms with E-state index in [0.29, 0.717) is 4.88 Å². The highest BCUT2D eigenvalue weighted by Gasteiger charge is 2.30. The van der Waals surface area contributed by atoms with Crippen LogP contribution in [-0.4, -0.2) is 33.2 Å². The van der Waals surface area contributed by atoms with E-state index in [1.807, 2.05) is 21.8 Å². The predicted molar refractivity (Wildman–Crippen MR) is 88.1 cm³/mol. The van der Waals surface area contributed by atoms with E-state index in [1.54, 1.807) is 18.3 Å². The van der Waals surface area contributed by atoms with Crippen molar-refractivity contribution in [2.75, 3.05) is 6.54 Å². The topological polar surface area (TPSA) is 38.1 Å². The van der Waals surface area contributed by atoms with Gasteiger partial charge in [-0.05, 0) is 48.6 Å². The molecule has 6 heteroatoms. The van der Waals surface area contributed by atoms with Crippen molar-refractivity contribution in [1.29, 1.82) is 0 Å². The van der Waals surface area contributed by atoms with Crippen molar-refractivity contribution in [2.24, 2.45) is 0 Å². The summed E-state index contributed by atoms with van der Waals surface area (Å²) in [7, 11) is 0. The second-order valence-corrected chi connectivity index (χ2v) is 6.90. The monoisotopic (exact) mass is 329 g/mol. The third-order valence-electron chi connectivity index (χ3n) is 4.28. The molecule has 23 heavy (non-hydrogen) atoms. The van der Waals surface area contributed by atoms with E-state index >= 15 is 0 Å². The molecule has 1 aliphatic rings. The molecule has 1 aliphatic heterocycles. The molecule has 1 saturated heterocycles. The third kappa shape index (κ3) is 2.74. The Kier molecular flexibility index (Phi) is 3.61. The second-order valence-electron chi connectivity index (χ2n) is 5.82. The summed E-state index contributed by atoms with van der Waals surface area (Å²) >= 11 is 1.43. The van der Waals surface area contributed by atoms with Crippen LogP contribution in [0.2, 0.25) is 0 Å². The highest BCUT2D eigenvalue weighted by atomic mass is 32.1. The molecule has 2 aromatic heterocycles. The molecule has 1 fully saturated rings. The number of hydrogen-bond donors (Lipinski definition) is 0. The fourth-order valence-corrected chi connectivity index (χ4v) is 4.18. The molecule has 1 aromatic carbocycles. The van der Waals surface area contributed by atoms with E-state index in [4.69, 9.17) is 0 Å². The fourth-order valence-electron chi connectivity index (χ4n) is 3.18. The van der Waals surface area contributed by atoms with Crippen LogP contribution in [-0.2, 0) is 6.54 Å². The van der Waals surface area contributed by atoms with Crippen LogP contribution in [0.1, 0.15) is 22.5 Å². The van der Waals surface area contributed by atoms with Crippen molar-refractivity contribution in [1.82, 2.24) is 14.7 Å². The van der Waals surface area contributed by atoms with Gasteiger partial charge in [0.25, 0.3) is 5.91 Å². The average molecular weight is 329 g/mol. The van der Waals surface area contributed by atoms with Crippen LogP contribution < -0.4 is 0 Å². The average Bonchev–Trinajstić information content (AvgIpc) is 3.26. The molecule has 1 atom stereocenters. The Morgan fingerprint density at radius 1 is 1.39 bits per heavy atom. The number of carbonyl (C=O) groups excluding carboxylic acids is 1. The van der Waals surface area contributed by atoms with Gasteiger partial charge in [0.05, 0.1) is 17.5 Å². The van der Waals surface area contributed by atoms with Crippen LogP contribution in [0.5, 0.6) is 0 Å². The Hall–Kier alpha value is -2.21. The summed E-state index contributed by atoms with van der Waals surface area (Å²) in [5.41, 5.74) is 0. The largest absolute Gasteiger partial charge is 0.333 e. The second kappa shape index (κ2) is 5.77. The Morgan fingerprint density at radius 3 is 3.13 bits per heavy atom. The van der Waals surface area contributed by atoms with Gasteiger partial charge in [-0.15, -0.1) is 11.3 Å². The number of carbonyl (C=O) groups is 1. The van der Waals surface area contributed by atoms with Crippen molar-refractivity contribution in [3.8, 4) is 0 Å². The summed E-state index contributed by atoms with van der Waals surface area (Å²) in [6.45, 7) is 1.49. The Morgan fingerprint density at radius 2 is 2.30 bits per heavy atom. The lowest BCUT2D eigenvalue weighted by atomic mass is 10.2. The molecule has 0 saturated carbocycles. The Balaban J connectivity index is 1.58. The summed E-state index contributed by atoms with van der Waals surface area (Å²) in [6.07, 6.45) is 5.67. The number of benzene rings is 1. The van der Waals surface area contributed by atoms with E-state index < -0.39 is 0 Å². The number of aromatic nitrogens is 2. The smallest absolute Gasteiger partial charge is 0.264 e. The van der Waals surface area contributed by atoms with Crippen LogP contribution >= 0.6 is 11.3 Å². The third-order valence-corrected chi connectivity index (χ3v) is 5.39. The number of halogens is 1. The summed E-state index contributed by atoms with van der Waals surface area (Å²) in [6, 6.07) is 8.51. The van der Waals surface area contributed by atoms with Crippen molar-refractivity contribution >= 4 is 27.3 Å². The highest BCUT2D eigenvalue weighted by molar-refractivity contribution is 7.20. The highest BCUT2D eigenvalue weighted by Crippen LogP contribution is 2.29. The predicted octanol–water partition coefficient (Wildman–Crippen LogP) is 3.54. The number of likely N-dealkylation sites (tertiary alicyclic amines) is 1. The zero-order valence-corrected chi connectivity index (χ0v) is 13.3. The molecule has 4 rings (SSSR count). The number of amides is 1. The van der Waals surface area contributed by atoms with Crippen LogP contribution in [0.3, 0.4) is 0 Å². The first kappa shape index (κ1) is 14.4. The quantitative estimate of drug-likeness (QED) is 0.737. The van der Waals surface area contributed by atoms with Gasteiger partial charge in [-0.1, -0.05) is 0 Å². The van der Waals surface area contributed by atoms with Crippen LogP contribution in [0.25, 0.3) is 10.1 Å². The molecular weight excluding hydrogens is 313 g/mol. The summed E-state index contributed by atoms with van der Waals surface area (Å²) in [5.74, 6) is -0.228. The molecule has 1 amide bonds. The lowest BCUT2D eigenvalue weighted by molar-refractivity contribution is 0.0726. The molecule has 118 valence electrons. The first-order valence-corrected chi connectivity index (χ1v) is 8.50. The lowest BCUT2D eigenvalue weighted by Gasteiger charge is -2.24. The van der Waals surface area contributed by atoms with Gasteiger partial charge in [-0.3, -0.25) is 9.48 Å². The van der Waals surface area contributed by atoms with Crippen LogP contribution in [0.15, 0.2) is 42.7 Å². The van der Waals surface area contributed by atoms with Crippen molar-refractivity contribution in [3.05, 3.63) is 53.4 Å². The molecule has 0 bridgehead atoms. The number of rotatable bonds is 3. The number of hydrogen-bond acceptors (Lipinski definition) is 3. The molecule has 4 nitrogen and oxygen atoms in total. The van der Waals surface area contributed by atoms with E-state index in [2.05, 4.69) is 5.10 Å². The van der Waals surface area contributed by atoms with Gasteiger partial charge in [0.15, 0.2) is 0 Å². The fraction of sp³-hybridized carbons (Fsp3) is 0.294. The van der Waals surface area contributed by atoms with Gasteiger partial charge < -0.3 is 4.90 Å². The molecule has 0 N–H and O–H groups in total. The standard InChI is InChI=1S/C17H16FN3OS/c18-13-4-5-15-12(9-13)10-16(23-15)17(22)21-8-1-3-14(21)11-20-7-2-6-19-20/h2,4-7,9-10,14H,1,3,8,11H2/t14-/m0/s1. The number of nitrogens with zero attached hydrogens (tertiary/aromatic N) is 3. The number of fused-ring (bicyclic) bond motifs is 1. The molecule has 3 aromatic rings. The van der Waals surface area contributed by atoms with E-state index in [9.17, 15) is 9.18 Å². The minimum absolute atomic E-state index is 0.0428. The minimum atomic E-state index is -0.271. The van der Waals surface area contributed by atoms with Crippen LogP contribution in [0, 0.1) is 5.82 Å². The first-order valence-electron chi connectivity index (χ1n) is 7.68. The lowest BCUT2D eigenvalue weighted by Crippen LogP contribution is -2.37. The zero-order valence-electron chi connectivity index (χ0n) is 12.5.